The Morgan fingerprint density at radius 1 is 1.31 bits per heavy atom. The predicted molar refractivity (Wildman–Crippen MR) is 53.7 cm³/mol. The quantitative estimate of drug-likeness (QED) is 0.510. The second-order valence-electron chi connectivity index (χ2n) is 2.86. The van der Waals surface area contributed by atoms with Crippen molar-refractivity contribution in [3.8, 4) is 0 Å². The van der Waals surface area contributed by atoms with Gasteiger partial charge in [0, 0.05) is 0 Å². The van der Waals surface area contributed by atoms with Gasteiger partial charge in [-0.05, 0) is 18.9 Å². The standard InChI is InChI=1S/C11H14NO/c1-3-8-12-13-9-11-6-4-10(2)5-7-11/h4-7H,3,9H2,1-2H3. The van der Waals surface area contributed by atoms with Gasteiger partial charge in [-0.15, -0.1) is 0 Å². The lowest BCUT2D eigenvalue weighted by molar-refractivity contribution is 0.131. The van der Waals surface area contributed by atoms with Gasteiger partial charge in [-0.25, -0.2) is 0 Å². The molecule has 13 heavy (non-hydrogen) atoms. The Labute approximate surface area is 79.2 Å². The van der Waals surface area contributed by atoms with Gasteiger partial charge < -0.3 is 4.84 Å². The fourth-order valence-electron chi connectivity index (χ4n) is 0.901. The van der Waals surface area contributed by atoms with Crippen molar-refractivity contribution >= 4 is 6.21 Å². The minimum Gasteiger partial charge on any atom is -0.391 e. The molecule has 0 N–H and O–H groups in total. The van der Waals surface area contributed by atoms with Crippen LogP contribution in [0, 0.1) is 6.92 Å². The Hall–Kier alpha value is -1.31. The van der Waals surface area contributed by atoms with Gasteiger partial charge in [0.05, 0.1) is 0 Å². The van der Waals surface area contributed by atoms with Crippen LogP contribution >= 0.6 is 0 Å². The summed E-state index contributed by atoms with van der Waals surface area (Å²) < 4.78 is 0. The van der Waals surface area contributed by atoms with Crippen LogP contribution in [0.15, 0.2) is 29.4 Å². The maximum atomic E-state index is 5.01. The van der Waals surface area contributed by atoms with Crippen molar-refractivity contribution in [2.45, 2.75) is 26.9 Å². The topological polar surface area (TPSA) is 21.6 Å². The highest BCUT2D eigenvalue weighted by atomic mass is 16.6. The minimum atomic E-state index is 0.521. The first-order valence-electron chi connectivity index (χ1n) is 4.43. The van der Waals surface area contributed by atoms with Crippen LogP contribution < -0.4 is 0 Å². The van der Waals surface area contributed by atoms with Crippen molar-refractivity contribution in [3.63, 3.8) is 0 Å². The molecule has 0 aliphatic carbocycles. The van der Waals surface area contributed by atoms with Crippen LogP contribution in [0.25, 0.3) is 0 Å². The molecule has 0 saturated carbocycles. The molecule has 0 bridgehead atoms. The van der Waals surface area contributed by atoms with Crippen LogP contribution in [-0.4, -0.2) is 6.21 Å². The van der Waals surface area contributed by atoms with Crippen LogP contribution in [-0.2, 0) is 11.4 Å². The SMILES string of the molecule is CC/[C]=N\OCc1ccc(C)cc1. The second-order valence-corrected chi connectivity index (χ2v) is 2.86. The van der Waals surface area contributed by atoms with E-state index in [1.807, 2.05) is 19.1 Å². The molecule has 1 radical (unpaired) electrons. The number of hydrogen-bond acceptors (Lipinski definition) is 2. The fourth-order valence-corrected chi connectivity index (χ4v) is 0.901. The Balaban J connectivity index is 2.37. The summed E-state index contributed by atoms with van der Waals surface area (Å²) >= 11 is 0. The van der Waals surface area contributed by atoms with E-state index in [1.165, 1.54) is 5.56 Å². The van der Waals surface area contributed by atoms with E-state index in [1.54, 1.807) is 0 Å². The monoisotopic (exact) mass is 176 g/mol. The van der Waals surface area contributed by atoms with Gasteiger partial charge in [-0.2, -0.15) is 0 Å². The molecule has 69 valence electrons. The van der Waals surface area contributed by atoms with Crippen LogP contribution in [0.4, 0.5) is 0 Å². The smallest absolute Gasteiger partial charge is 0.142 e. The molecule has 0 heterocycles. The Kier molecular flexibility index (Phi) is 4.03. The largest absolute Gasteiger partial charge is 0.391 e. The first-order chi connectivity index (χ1) is 6.33. The summed E-state index contributed by atoms with van der Waals surface area (Å²) in [5.74, 6) is 0. The van der Waals surface area contributed by atoms with E-state index in [0.717, 1.165) is 12.0 Å². The average molecular weight is 176 g/mol. The zero-order valence-electron chi connectivity index (χ0n) is 8.08. The molecule has 0 unspecified atom stereocenters. The van der Waals surface area contributed by atoms with Gasteiger partial charge in [-0.1, -0.05) is 41.9 Å². The van der Waals surface area contributed by atoms with Gasteiger partial charge in [0.2, 0.25) is 0 Å². The Morgan fingerprint density at radius 3 is 2.62 bits per heavy atom. The zero-order valence-corrected chi connectivity index (χ0v) is 8.08. The van der Waals surface area contributed by atoms with Gasteiger partial charge in [0.1, 0.15) is 12.8 Å². The first kappa shape index (κ1) is 9.78. The molecule has 2 nitrogen and oxygen atoms in total. The van der Waals surface area contributed by atoms with Crippen LogP contribution in [0.3, 0.4) is 0 Å². The van der Waals surface area contributed by atoms with Crippen LogP contribution in [0.1, 0.15) is 24.5 Å². The number of hydrogen-bond donors (Lipinski definition) is 0. The van der Waals surface area contributed by atoms with Crippen LogP contribution in [0.2, 0.25) is 0 Å². The zero-order chi connectivity index (χ0) is 9.52. The van der Waals surface area contributed by atoms with E-state index < -0.39 is 0 Å². The van der Waals surface area contributed by atoms with Gasteiger partial charge >= 0.3 is 0 Å². The summed E-state index contributed by atoms with van der Waals surface area (Å²) in [6, 6.07) is 8.20. The molecular weight excluding hydrogens is 162 g/mol. The third-order valence-corrected chi connectivity index (χ3v) is 1.64. The van der Waals surface area contributed by atoms with E-state index in [-0.39, 0.29) is 0 Å². The number of rotatable bonds is 4. The maximum Gasteiger partial charge on any atom is 0.142 e. The molecule has 0 fully saturated rings. The average Bonchev–Trinajstić information content (AvgIpc) is 2.15. The van der Waals surface area contributed by atoms with Gasteiger partial charge in [-0.3, -0.25) is 0 Å². The lowest BCUT2D eigenvalue weighted by Crippen LogP contribution is -1.86. The summed E-state index contributed by atoms with van der Waals surface area (Å²) in [4.78, 5) is 5.01. The van der Waals surface area contributed by atoms with Crippen molar-refractivity contribution in [1.82, 2.24) is 0 Å². The number of benzene rings is 1. The highest BCUT2D eigenvalue weighted by Gasteiger charge is 1.90. The van der Waals surface area contributed by atoms with Crippen molar-refractivity contribution in [1.29, 1.82) is 0 Å². The van der Waals surface area contributed by atoms with Gasteiger partial charge in [0.15, 0.2) is 0 Å². The normalized spacial score (nSPS) is 10.6. The molecule has 2 heteroatoms. The maximum absolute atomic E-state index is 5.01. The van der Waals surface area contributed by atoms with Crippen molar-refractivity contribution in [2.24, 2.45) is 5.16 Å². The third kappa shape index (κ3) is 3.74. The molecule has 0 saturated heterocycles. The highest BCUT2D eigenvalue weighted by Crippen LogP contribution is 2.04. The number of nitrogens with zero attached hydrogens (tertiary/aromatic N) is 1. The Morgan fingerprint density at radius 2 is 2.00 bits per heavy atom. The summed E-state index contributed by atoms with van der Waals surface area (Å²) in [5.41, 5.74) is 2.39. The van der Waals surface area contributed by atoms with Crippen LogP contribution in [0.5, 0.6) is 0 Å². The van der Waals surface area contributed by atoms with Crippen molar-refractivity contribution < 1.29 is 4.84 Å². The molecule has 0 aliphatic rings. The molecule has 0 amide bonds. The first-order valence-corrected chi connectivity index (χ1v) is 4.43. The van der Waals surface area contributed by atoms with Crippen molar-refractivity contribution in [2.75, 3.05) is 0 Å². The lowest BCUT2D eigenvalue weighted by atomic mass is 10.2. The van der Waals surface area contributed by atoms with Gasteiger partial charge in [0.25, 0.3) is 0 Å². The summed E-state index contributed by atoms with van der Waals surface area (Å²) in [6.07, 6.45) is 3.52. The van der Waals surface area contributed by atoms with E-state index in [2.05, 4.69) is 30.4 Å². The molecule has 0 spiro atoms. The molecule has 1 aromatic carbocycles. The molecule has 1 aromatic rings. The molecular formula is C11H14NO. The summed E-state index contributed by atoms with van der Waals surface area (Å²) in [7, 11) is 0. The van der Waals surface area contributed by atoms with E-state index in [9.17, 15) is 0 Å². The number of aryl methyl sites for hydroxylation is 1. The van der Waals surface area contributed by atoms with E-state index >= 15 is 0 Å². The summed E-state index contributed by atoms with van der Waals surface area (Å²) in [6.45, 7) is 4.56. The van der Waals surface area contributed by atoms with E-state index in [0.29, 0.717) is 6.61 Å². The summed E-state index contributed by atoms with van der Waals surface area (Å²) in [5, 5.41) is 3.66. The third-order valence-electron chi connectivity index (χ3n) is 1.64. The second kappa shape index (κ2) is 5.36. The Bertz CT molecular complexity index is 264. The predicted octanol–water partition coefficient (Wildman–Crippen LogP) is 2.78. The molecule has 0 aromatic heterocycles. The fraction of sp³-hybridized carbons (Fsp3) is 0.364. The molecule has 0 atom stereocenters. The van der Waals surface area contributed by atoms with E-state index in [4.69, 9.17) is 4.84 Å². The minimum absolute atomic E-state index is 0.521. The highest BCUT2D eigenvalue weighted by molar-refractivity contribution is 5.55. The molecule has 0 aliphatic heterocycles. The molecule has 1 rings (SSSR count). The lowest BCUT2D eigenvalue weighted by Gasteiger charge is -1.99. The van der Waals surface area contributed by atoms with Crippen molar-refractivity contribution in [3.05, 3.63) is 35.4 Å².